The summed E-state index contributed by atoms with van der Waals surface area (Å²) in [5, 5.41) is 2.78. The number of thiazole rings is 1. The maximum absolute atomic E-state index is 13.4. The summed E-state index contributed by atoms with van der Waals surface area (Å²) < 4.78 is 18.0. The third kappa shape index (κ3) is 5.19. The molecule has 0 spiro atoms. The zero-order chi connectivity index (χ0) is 24.1. The lowest BCUT2D eigenvalue weighted by atomic mass is 10.1. The first-order chi connectivity index (χ1) is 16.5. The maximum atomic E-state index is 13.4. The highest BCUT2D eigenvalue weighted by Gasteiger charge is 2.21. The third-order valence-electron chi connectivity index (χ3n) is 5.55. The molecule has 4 rings (SSSR count). The van der Waals surface area contributed by atoms with E-state index in [0.29, 0.717) is 48.2 Å². The molecule has 2 aromatic heterocycles. The van der Waals surface area contributed by atoms with E-state index in [0.717, 1.165) is 21.9 Å². The molecule has 0 aliphatic rings. The van der Waals surface area contributed by atoms with Gasteiger partial charge in [0.2, 0.25) is 0 Å². The van der Waals surface area contributed by atoms with Crippen molar-refractivity contribution in [3.63, 3.8) is 0 Å². The Morgan fingerprint density at radius 2 is 1.88 bits per heavy atom. The number of aromatic nitrogens is 2. The SMILES string of the molecule is COCCN(CCc1csc2nc(-c3ccc(Cl)cc3)cn12)C(=O)c1ccc(OC)cc1OC. The number of ether oxygens (including phenoxy) is 3. The molecule has 0 N–H and O–H groups in total. The fraction of sp³-hybridized carbons (Fsp3) is 0.280. The van der Waals surface area contributed by atoms with Crippen molar-refractivity contribution in [3.8, 4) is 22.8 Å². The van der Waals surface area contributed by atoms with Crippen molar-refractivity contribution >= 4 is 33.8 Å². The number of hydrogen-bond acceptors (Lipinski definition) is 6. The van der Waals surface area contributed by atoms with Crippen LogP contribution in [0.15, 0.2) is 54.0 Å². The number of rotatable bonds is 10. The largest absolute Gasteiger partial charge is 0.497 e. The van der Waals surface area contributed by atoms with Crippen molar-refractivity contribution in [1.29, 1.82) is 0 Å². The standard InChI is InChI=1S/C25H26ClN3O4S/c1-31-13-12-28(24(30)21-9-8-20(32-2)14-23(21)33-3)11-10-19-16-34-25-27-22(15-29(19)25)17-4-6-18(26)7-5-17/h4-9,14-16H,10-13H2,1-3H3. The minimum atomic E-state index is -0.115. The van der Waals surface area contributed by atoms with Crippen molar-refractivity contribution < 1.29 is 19.0 Å². The van der Waals surface area contributed by atoms with Gasteiger partial charge in [0.25, 0.3) is 5.91 Å². The summed E-state index contributed by atoms with van der Waals surface area (Å²) in [6.07, 6.45) is 2.70. The van der Waals surface area contributed by atoms with Gasteiger partial charge in [0.1, 0.15) is 11.5 Å². The van der Waals surface area contributed by atoms with Crippen LogP contribution in [0.5, 0.6) is 11.5 Å². The van der Waals surface area contributed by atoms with Crippen LogP contribution in [-0.2, 0) is 11.2 Å². The highest BCUT2D eigenvalue weighted by atomic mass is 35.5. The molecule has 0 saturated carbocycles. The minimum Gasteiger partial charge on any atom is -0.497 e. The van der Waals surface area contributed by atoms with E-state index in [-0.39, 0.29) is 5.91 Å². The topological polar surface area (TPSA) is 65.3 Å². The number of carbonyl (C=O) groups is 1. The zero-order valence-corrected chi connectivity index (χ0v) is 20.9. The number of imidazole rings is 1. The van der Waals surface area contributed by atoms with E-state index in [9.17, 15) is 4.79 Å². The Balaban J connectivity index is 1.54. The normalized spacial score (nSPS) is 11.1. The van der Waals surface area contributed by atoms with Gasteiger partial charge in [-0.15, -0.1) is 11.3 Å². The van der Waals surface area contributed by atoms with Gasteiger partial charge in [0.05, 0.1) is 32.1 Å². The molecule has 34 heavy (non-hydrogen) atoms. The summed E-state index contributed by atoms with van der Waals surface area (Å²) in [6.45, 7) is 1.43. The molecule has 2 aromatic carbocycles. The average molecular weight is 500 g/mol. The van der Waals surface area contributed by atoms with Gasteiger partial charge in [0.15, 0.2) is 4.96 Å². The molecular weight excluding hydrogens is 474 g/mol. The Morgan fingerprint density at radius 1 is 1.09 bits per heavy atom. The van der Waals surface area contributed by atoms with E-state index in [1.165, 1.54) is 0 Å². The van der Waals surface area contributed by atoms with Gasteiger partial charge < -0.3 is 19.1 Å². The third-order valence-corrected chi connectivity index (χ3v) is 6.69. The van der Waals surface area contributed by atoms with Crippen LogP contribution in [0.2, 0.25) is 5.02 Å². The fourth-order valence-corrected chi connectivity index (χ4v) is 4.71. The predicted octanol–water partition coefficient (Wildman–Crippen LogP) is 5.06. The summed E-state index contributed by atoms with van der Waals surface area (Å²) in [5.41, 5.74) is 3.47. The van der Waals surface area contributed by atoms with Crippen LogP contribution in [0.1, 0.15) is 16.1 Å². The second-order valence-electron chi connectivity index (χ2n) is 7.61. The zero-order valence-electron chi connectivity index (χ0n) is 19.3. The number of fused-ring (bicyclic) bond motifs is 1. The number of methoxy groups -OCH3 is 3. The van der Waals surface area contributed by atoms with Crippen LogP contribution >= 0.6 is 22.9 Å². The first-order valence-electron chi connectivity index (χ1n) is 10.8. The number of hydrogen-bond donors (Lipinski definition) is 0. The lowest BCUT2D eigenvalue weighted by molar-refractivity contribution is 0.0694. The predicted molar refractivity (Wildman–Crippen MR) is 135 cm³/mol. The van der Waals surface area contributed by atoms with Crippen molar-refractivity contribution in [2.75, 3.05) is 41.0 Å². The van der Waals surface area contributed by atoms with E-state index in [1.807, 2.05) is 30.5 Å². The van der Waals surface area contributed by atoms with Crippen molar-refractivity contribution in [2.45, 2.75) is 6.42 Å². The molecule has 1 amide bonds. The lowest BCUT2D eigenvalue weighted by Crippen LogP contribution is -2.36. The van der Waals surface area contributed by atoms with E-state index in [4.69, 9.17) is 30.8 Å². The van der Waals surface area contributed by atoms with Gasteiger partial charge in [-0.1, -0.05) is 23.7 Å². The molecule has 7 nitrogen and oxygen atoms in total. The fourth-order valence-electron chi connectivity index (χ4n) is 3.68. The Bertz CT molecular complexity index is 1270. The first kappa shape index (κ1) is 24.1. The molecule has 0 saturated heterocycles. The molecule has 0 unspecified atom stereocenters. The van der Waals surface area contributed by atoms with Crippen LogP contribution in [0, 0.1) is 0 Å². The second-order valence-corrected chi connectivity index (χ2v) is 8.89. The summed E-state index contributed by atoms with van der Waals surface area (Å²) in [7, 11) is 4.75. The average Bonchev–Trinajstić information content (AvgIpc) is 3.45. The first-order valence-corrected chi connectivity index (χ1v) is 12.0. The van der Waals surface area contributed by atoms with E-state index in [2.05, 4.69) is 9.78 Å². The highest BCUT2D eigenvalue weighted by molar-refractivity contribution is 7.15. The van der Waals surface area contributed by atoms with Crippen LogP contribution < -0.4 is 9.47 Å². The summed E-state index contributed by atoms with van der Waals surface area (Å²) in [4.78, 5) is 20.8. The summed E-state index contributed by atoms with van der Waals surface area (Å²) in [5.74, 6) is 0.997. The molecule has 4 aromatic rings. The molecule has 0 aliphatic heterocycles. The van der Waals surface area contributed by atoms with Gasteiger partial charge in [-0.25, -0.2) is 4.98 Å². The van der Waals surface area contributed by atoms with Gasteiger partial charge >= 0.3 is 0 Å². The monoisotopic (exact) mass is 499 g/mol. The van der Waals surface area contributed by atoms with Gasteiger partial charge in [-0.2, -0.15) is 0 Å². The van der Waals surface area contributed by atoms with Crippen molar-refractivity contribution in [3.05, 3.63) is 70.3 Å². The number of nitrogens with zero attached hydrogens (tertiary/aromatic N) is 3. The van der Waals surface area contributed by atoms with Crippen LogP contribution in [0.25, 0.3) is 16.2 Å². The molecule has 0 atom stereocenters. The van der Waals surface area contributed by atoms with E-state index >= 15 is 0 Å². The van der Waals surface area contributed by atoms with Crippen LogP contribution in [-0.4, -0.2) is 61.2 Å². The van der Waals surface area contributed by atoms with Gasteiger partial charge in [-0.3, -0.25) is 9.20 Å². The molecule has 0 fully saturated rings. The number of halogens is 1. The molecule has 0 bridgehead atoms. The maximum Gasteiger partial charge on any atom is 0.257 e. The Kier molecular flexibility index (Phi) is 7.72. The van der Waals surface area contributed by atoms with E-state index in [1.54, 1.807) is 55.8 Å². The molecular formula is C25H26ClN3O4S. The minimum absolute atomic E-state index is 0.115. The van der Waals surface area contributed by atoms with Crippen LogP contribution in [0.3, 0.4) is 0 Å². The van der Waals surface area contributed by atoms with Gasteiger partial charge in [0, 0.05) is 60.5 Å². The number of amides is 1. The molecule has 2 heterocycles. The molecule has 178 valence electrons. The molecule has 0 aliphatic carbocycles. The molecule has 0 radical (unpaired) electrons. The summed E-state index contributed by atoms with van der Waals surface area (Å²) in [6, 6.07) is 12.8. The molecule has 9 heteroatoms. The Hall–Kier alpha value is -3.07. The van der Waals surface area contributed by atoms with Crippen molar-refractivity contribution in [1.82, 2.24) is 14.3 Å². The second kappa shape index (κ2) is 10.9. The smallest absolute Gasteiger partial charge is 0.257 e. The number of benzene rings is 2. The number of carbonyl (C=O) groups excluding carboxylic acids is 1. The quantitative estimate of drug-likeness (QED) is 0.305. The van der Waals surface area contributed by atoms with Crippen LogP contribution in [0.4, 0.5) is 0 Å². The van der Waals surface area contributed by atoms with Crippen molar-refractivity contribution in [2.24, 2.45) is 0 Å². The van der Waals surface area contributed by atoms with E-state index < -0.39 is 0 Å². The highest BCUT2D eigenvalue weighted by Crippen LogP contribution is 2.27. The Morgan fingerprint density at radius 3 is 2.59 bits per heavy atom. The lowest BCUT2D eigenvalue weighted by Gasteiger charge is -2.23. The van der Waals surface area contributed by atoms with Gasteiger partial charge in [-0.05, 0) is 24.3 Å². The summed E-state index contributed by atoms with van der Waals surface area (Å²) >= 11 is 7.59. The Labute approximate surface area is 207 Å².